The van der Waals surface area contributed by atoms with E-state index >= 15 is 0 Å². The van der Waals surface area contributed by atoms with Crippen LogP contribution < -0.4 is 10.1 Å². The quantitative estimate of drug-likeness (QED) is 0.706. The number of methoxy groups -OCH3 is 1. The molecule has 5 heteroatoms. The molecule has 0 atom stereocenters. The van der Waals surface area contributed by atoms with Crippen molar-refractivity contribution in [3.8, 4) is 5.75 Å². The maximum atomic E-state index is 12.5. The molecule has 1 N–H and O–H groups in total. The zero-order valence-corrected chi connectivity index (χ0v) is 15.8. The summed E-state index contributed by atoms with van der Waals surface area (Å²) in [5.41, 5.74) is 2.17. The fraction of sp³-hybridized carbons (Fsp3) is 0.364. The number of ether oxygens (including phenoxy) is 1. The number of hydrogen-bond donors (Lipinski definition) is 1. The van der Waals surface area contributed by atoms with E-state index in [1.54, 1.807) is 19.2 Å². The molecule has 4 rings (SSSR count). The van der Waals surface area contributed by atoms with Gasteiger partial charge in [0, 0.05) is 23.2 Å². The molecule has 0 spiro atoms. The van der Waals surface area contributed by atoms with Gasteiger partial charge in [0.25, 0.3) is 5.91 Å². The second-order valence-electron chi connectivity index (χ2n) is 7.45. The van der Waals surface area contributed by atoms with Gasteiger partial charge in [-0.05, 0) is 49.8 Å². The molecule has 0 bridgehead atoms. The van der Waals surface area contributed by atoms with E-state index in [0.717, 1.165) is 16.8 Å². The Hall–Kier alpha value is -2.82. The minimum Gasteiger partial charge on any atom is -0.494 e. The van der Waals surface area contributed by atoms with Gasteiger partial charge in [0.2, 0.25) is 0 Å². The van der Waals surface area contributed by atoms with Crippen molar-refractivity contribution in [1.82, 2.24) is 9.78 Å². The topological polar surface area (TPSA) is 56.1 Å². The molecule has 1 aromatic heterocycles. The highest BCUT2D eigenvalue weighted by molar-refractivity contribution is 6.06. The van der Waals surface area contributed by atoms with E-state index in [0.29, 0.717) is 23.0 Å². The zero-order valence-electron chi connectivity index (χ0n) is 15.8. The smallest absolute Gasteiger partial charge is 0.255 e. The van der Waals surface area contributed by atoms with Gasteiger partial charge in [-0.2, -0.15) is 5.10 Å². The number of aromatic nitrogens is 2. The Morgan fingerprint density at radius 3 is 2.59 bits per heavy atom. The maximum Gasteiger partial charge on any atom is 0.255 e. The Morgan fingerprint density at radius 2 is 1.89 bits per heavy atom. The molecule has 0 radical (unpaired) electrons. The van der Waals surface area contributed by atoms with Crippen molar-refractivity contribution in [2.24, 2.45) is 5.92 Å². The Bertz CT molecular complexity index is 941. The van der Waals surface area contributed by atoms with Crippen LogP contribution in [0.5, 0.6) is 5.75 Å². The van der Waals surface area contributed by atoms with Crippen LogP contribution in [-0.4, -0.2) is 22.8 Å². The van der Waals surface area contributed by atoms with E-state index in [2.05, 4.69) is 23.1 Å². The molecule has 2 aromatic carbocycles. The van der Waals surface area contributed by atoms with Gasteiger partial charge in [0.05, 0.1) is 24.4 Å². The number of carbonyl (C=O) groups is 1. The van der Waals surface area contributed by atoms with Crippen molar-refractivity contribution in [2.45, 2.75) is 38.6 Å². The van der Waals surface area contributed by atoms with Crippen molar-refractivity contribution < 1.29 is 9.53 Å². The lowest BCUT2D eigenvalue weighted by atomic mass is 9.87. The first-order chi connectivity index (χ1) is 13.1. The number of carbonyl (C=O) groups excluding carboxylic acids is 1. The summed E-state index contributed by atoms with van der Waals surface area (Å²) in [6, 6.07) is 13.5. The fourth-order valence-corrected chi connectivity index (χ4v) is 3.82. The monoisotopic (exact) mass is 363 g/mol. The van der Waals surface area contributed by atoms with Crippen LogP contribution in [0.2, 0.25) is 0 Å². The van der Waals surface area contributed by atoms with Crippen LogP contribution in [0.25, 0.3) is 10.9 Å². The third-order valence-corrected chi connectivity index (χ3v) is 5.49. The van der Waals surface area contributed by atoms with Crippen LogP contribution in [-0.2, 0) is 0 Å². The summed E-state index contributed by atoms with van der Waals surface area (Å²) in [5, 5.41) is 8.75. The van der Waals surface area contributed by atoms with Gasteiger partial charge in [0.15, 0.2) is 0 Å². The summed E-state index contributed by atoms with van der Waals surface area (Å²) in [7, 11) is 1.61. The number of hydrogen-bond acceptors (Lipinski definition) is 3. The third-order valence-electron chi connectivity index (χ3n) is 5.49. The summed E-state index contributed by atoms with van der Waals surface area (Å²) in [6.45, 7) is 2.32. The highest BCUT2D eigenvalue weighted by atomic mass is 16.5. The van der Waals surface area contributed by atoms with Crippen molar-refractivity contribution >= 4 is 22.5 Å². The summed E-state index contributed by atoms with van der Waals surface area (Å²) >= 11 is 0. The molecular formula is C22H25N3O2. The second kappa shape index (κ2) is 7.43. The lowest BCUT2D eigenvalue weighted by Crippen LogP contribution is -2.16. The molecule has 3 aromatic rings. The molecule has 5 nitrogen and oxygen atoms in total. The lowest BCUT2D eigenvalue weighted by Gasteiger charge is -2.26. The molecule has 1 saturated carbocycles. The summed E-state index contributed by atoms with van der Waals surface area (Å²) < 4.78 is 7.59. The largest absolute Gasteiger partial charge is 0.494 e. The molecule has 27 heavy (non-hydrogen) atoms. The predicted molar refractivity (Wildman–Crippen MR) is 107 cm³/mol. The van der Waals surface area contributed by atoms with Gasteiger partial charge in [-0.15, -0.1) is 0 Å². The minimum atomic E-state index is -0.151. The van der Waals surface area contributed by atoms with E-state index in [1.165, 1.54) is 25.7 Å². The van der Waals surface area contributed by atoms with Gasteiger partial charge in [-0.25, -0.2) is 0 Å². The molecule has 140 valence electrons. The minimum absolute atomic E-state index is 0.151. The van der Waals surface area contributed by atoms with Gasteiger partial charge >= 0.3 is 0 Å². The van der Waals surface area contributed by atoms with Crippen LogP contribution in [0, 0.1) is 5.92 Å². The van der Waals surface area contributed by atoms with Crippen LogP contribution in [0.1, 0.15) is 49.0 Å². The summed E-state index contributed by atoms with van der Waals surface area (Å²) in [4.78, 5) is 12.5. The molecule has 1 fully saturated rings. The summed E-state index contributed by atoms with van der Waals surface area (Å²) in [5.74, 6) is 1.28. The van der Waals surface area contributed by atoms with Crippen molar-refractivity contribution in [1.29, 1.82) is 0 Å². The molecule has 1 aliphatic rings. The van der Waals surface area contributed by atoms with Crippen molar-refractivity contribution in [3.05, 3.63) is 54.2 Å². The highest BCUT2D eigenvalue weighted by Gasteiger charge is 2.21. The first-order valence-corrected chi connectivity index (χ1v) is 9.57. The SMILES string of the molecule is COc1cc2nn([C@H]3CC[C@H](C)CC3)cc2cc1NC(=O)c1ccccc1. The molecule has 0 aliphatic heterocycles. The zero-order chi connectivity index (χ0) is 18.8. The lowest BCUT2D eigenvalue weighted by molar-refractivity contribution is 0.102. The molecule has 1 heterocycles. The Labute approximate surface area is 159 Å². The number of nitrogens with one attached hydrogen (secondary N) is 1. The molecule has 1 aliphatic carbocycles. The summed E-state index contributed by atoms with van der Waals surface area (Å²) in [6.07, 6.45) is 6.94. The maximum absolute atomic E-state index is 12.5. The van der Waals surface area contributed by atoms with Gasteiger partial charge in [-0.3, -0.25) is 9.48 Å². The van der Waals surface area contributed by atoms with Crippen LogP contribution in [0.4, 0.5) is 5.69 Å². The normalized spacial score (nSPS) is 19.8. The number of nitrogens with zero attached hydrogens (tertiary/aromatic N) is 2. The predicted octanol–water partition coefficient (Wildman–Crippen LogP) is 5.05. The molecular weight excluding hydrogens is 338 g/mol. The van der Waals surface area contributed by atoms with E-state index < -0.39 is 0 Å². The van der Waals surface area contributed by atoms with E-state index in [9.17, 15) is 4.79 Å². The van der Waals surface area contributed by atoms with Gasteiger partial charge in [0.1, 0.15) is 5.75 Å². The second-order valence-corrected chi connectivity index (χ2v) is 7.45. The number of anilines is 1. The van der Waals surface area contributed by atoms with Crippen molar-refractivity contribution in [2.75, 3.05) is 12.4 Å². The average Bonchev–Trinajstić information content (AvgIpc) is 3.11. The Morgan fingerprint density at radius 1 is 1.15 bits per heavy atom. The number of fused-ring (bicyclic) bond motifs is 1. The Balaban J connectivity index is 1.62. The number of amides is 1. The third kappa shape index (κ3) is 3.68. The van der Waals surface area contributed by atoms with E-state index in [4.69, 9.17) is 9.84 Å². The first-order valence-electron chi connectivity index (χ1n) is 9.57. The number of benzene rings is 2. The standard InChI is InChI=1S/C22H25N3O2/c1-15-8-10-18(11-9-15)25-14-17-12-20(21(27-2)13-19(17)24-25)23-22(26)16-6-4-3-5-7-16/h3-7,12-15,18H,8-11H2,1-2H3,(H,23,26)/t15-,18-. The van der Waals surface area contributed by atoms with Crippen LogP contribution >= 0.6 is 0 Å². The van der Waals surface area contributed by atoms with Crippen LogP contribution in [0.15, 0.2) is 48.7 Å². The average molecular weight is 363 g/mol. The van der Waals surface area contributed by atoms with E-state index in [1.807, 2.05) is 30.3 Å². The molecule has 0 unspecified atom stereocenters. The fourth-order valence-electron chi connectivity index (χ4n) is 3.82. The van der Waals surface area contributed by atoms with E-state index in [-0.39, 0.29) is 5.91 Å². The van der Waals surface area contributed by atoms with Gasteiger partial charge < -0.3 is 10.1 Å². The van der Waals surface area contributed by atoms with Gasteiger partial charge in [-0.1, -0.05) is 25.1 Å². The van der Waals surface area contributed by atoms with Crippen molar-refractivity contribution in [3.63, 3.8) is 0 Å². The molecule has 0 saturated heterocycles. The first kappa shape index (κ1) is 17.6. The molecule has 1 amide bonds. The van der Waals surface area contributed by atoms with Crippen LogP contribution in [0.3, 0.4) is 0 Å². The Kier molecular flexibility index (Phi) is 4.84. The highest BCUT2D eigenvalue weighted by Crippen LogP contribution is 2.34. The number of rotatable bonds is 4.